The van der Waals surface area contributed by atoms with E-state index in [2.05, 4.69) is 5.32 Å². The van der Waals surface area contributed by atoms with E-state index >= 15 is 0 Å². The summed E-state index contributed by atoms with van der Waals surface area (Å²) in [6, 6.07) is 5.96. The molecule has 0 radical (unpaired) electrons. The van der Waals surface area contributed by atoms with E-state index in [1.807, 2.05) is 0 Å². The second kappa shape index (κ2) is 7.69. The third kappa shape index (κ3) is 4.09. The summed E-state index contributed by atoms with van der Waals surface area (Å²) < 4.78 is 50.0. The summed E-state index contributed by atoms with van der Waals surface area (Å²) >= 11 is 0. The molecule has 1 atom stereocenters. The van der Waals surface area contributed by atoms with E-state index in [1.165, 1.54) is 32.2 Å². The van der Waals surface area contributed by atoms with Crippen molar-refractivity contribution in [2.24, 2.45) is 0 Å². The Morgan fingerprint density at radius 2 is 1.88 bits per heavy atom. The minimum atomic E-state index is -1.69. The Kier molecular flexibility index (Phi) is 5.63. The van der Waals surface area contributed by atoms with Gasteiger partial charge in [0.1, 0.15) is 11.5 Å². The van der Waals surface area contributed by atoms with Gasteiger partial charge < -0.3 is 14.8 Å². The van der Waals surface area contributed by atoms with Crippen LogP contribution in [0.1, 0.15) is 17.3 Å². The van der Waals surface area contributed by atoms with Crippen LogP contribution in [0.3, 0.4) is 0 Å². The molecule has 0 heterocycles. The van der Waals surface area contributed by atoms with Gasteiger partial charge in [0.2, 0.25) is 0 Å². The number of benzene rings is 2. The molecule has 132 valence electrons. The molecule has 0 aromatic heterocycles. The SMILES string of the molecule is COc1ccc(O[C@H](C)C(=O)Nc2ccc(F)c(F)c2F)c(C=O)c1. The lowest BCUT2D eigenvalue weighted by atomic mass is 10.2. The zero-order chi connectivity index (χ0) is 18.6. The van der Waals surface area contributed by atoms with Crippen LogP contribution in [0, 0.1) is 17.5 Å². The lowest BCUT2D eigenvalue weighted by Gasteiger charge is -2.16. The molecule has 2 aromatic rings. The molecule has 0 aliphatic rings. The highest BCUT2D eigenvalue weighted by Crippen LogP contribution is 2.24. The fourth-order valence-electron chi connectivity index (χ4n) is 1.95. The molecular formula is C17H14F3NO4. The summed E-state index contributed by atoms with van der Waals surface area (Å²) in [5.41, 5.74) is -0.373. The molecule has 8 heteroatoms. The molecule has 0 unspecified atom stereocenters. The number of halogens is 3. The fraction of sp³-hybridized carbons (Fsp3) is 0.176. The molecule has 0 spiro atoms. The van der Waals surface area contributed by atoms with Crippen molar-refractivity contribution in [2.45, 2.75) is 13.0 Å². The Labute approximate surface area is 141 Å². The molecule has 0 bridgehead atoms. The monoisotopic (exact) mass is 353 g/mol. The second-order valence-corrected chi connectivity index (χ2v) is 4.99. The average Bonchev–Trinajstić information content (AvgIpc) is 2.62. The summed E-state index contributed by atoms with van der Waals surface area (Å²) in [5, 5.41) is 2.10. The predicted octanol–water partition coefficient (Wildman–Crippen LogP) is 3.33. The van der Waals surface area contributed by atoms with E-state index in [0.717, 1.165) is 6.07 Å². The maximum absolute atomic E-state index is 13.6. The Morgan fingerprint density at radius 3 is 2.52 bits per heavy atom. The second-order valence-electron chi connectivity index (χ2n) is 4.99. The Hall–Kier alpha value is -3.03. The smallest absolute Gasteiger partial charge is 0.265 e. The first kappa shape index (κ1) is 18.3. The topological polar surface area (TPSA) is 64.6 Å². The van der Waals surface area contributed by atoms with Gasteiger partial charge in [0.15, 0.2) is 29.8 Å². The minimum absolute atomic E-state index is 0.115. The number of nitrogens with one attached hydrogen (secondary N) is 1. The van der Waals surface area contributed by atoms with Gasteiger partial charge in [-0.2, -0.15) is 0 Å². The summed E-state index contributed by atoms with van der Waals surface area (Å²) in [7, 11) is 1.43. The summed E-state index contributed by atoms with van der Waals surface area (Å²) in [6.07, 6.45) is -0.614. The van der Waals surface area contributed by atoms with Crippen molar-refractivity contribution in [1.82, 2.24) is 0 Å². The number of carbonyl (C=O) groups is 2. The number of hydrogen-bond acceptors (Lipinski definition) is 4. The van der Waals surface area contributed by atoms with Crippen LogP contribution in [-0.2, 0) is 4.79 Å². The largest absolute Gasteiger partial charge is 0.497 e. The van der Waals surface area contributed by atoms with Gasteiger partial charge in [-0.05, 0) is 37.3 Å². The standard InChI is InChI=1S/C17H14F3NO4/c1-9(25-14-6-3-11(24-2)7-10(14)8-22)17(23)21-13-5-4-12(18)15(19)16(13)20/h3-9H,1-2H3,(H,21,23)/t9-/m1/s1. The van der Waals surface area contributed by atoms with Crippen LogP contribution in [0.15, 0.2) is 30.3 Å². The quantitative estimate of drug-likeness (QED) is 0.639. The lowest BCUT2D eigenvalue weighted by molar-refractivity contribution is -0.122. The van der Waals surface area contributed by atoms with Gasteiger partial charge in [0, 0.05) is 0 Å². The van der Waals surface area contributed by atoms with Gasteiger partial charge in [0.05, 0.1) is 18.4 Å². The van der Waals surface area contributed by atoms with Gasteiger partial charge in [-0.3, -0.25) is 9.59 Å². The van der Waals surface area contributed by atoms with Crippen LogP contribution in [0.2, 0.25) is 0 Å². The molecule has 25 heavy (non-hydrogen) atoms. The van der Waals surface area contributed by atoms with Gasteiger partial charge >= 0.3 is 0 Å². The summed E-state index contributed by atoms with van der Waals surface area (Å²) in [4.78, 5) is 23.1. The number of rotatable bonds is 6. The zero-order valence-corrected chi connectivity index (χ0v) is 13.3. The number of methoxy groups -OCH3 is 1. The summed E-state index contributed by atoms with van der Waals surface area (Å²) in [5.74, 6) is -4.84. The van der Waals surface area contributed by atoms with E-state index in [9.17, 15) is 22.8 Å². The maximum atomic E-state index is 13.6. The Morgan fingerprint density at radius 1 is 1.16 bits per heavy atom. The molecule has 0 aliphatic heterocycles. The van der Waals surface area contributed by atoms with Crippen molar-refractivity contribution in [3.8, 4) is 11.5 Å². The van der Waals surface area contributed by atoms with Crippen molar-refractivity contribution < 1.29 is 32.2 Å². The van der Waals surface area contributed by atoms with E-state index in [4.69, 9.17) is 9.47 Å². The normalized spacial score (nSPS) is 11.6. The number of amides is 1. The third-order valence-corrected chi connectivity index (χ3v) is 3.31. The van der Waals surface area contributed by atoms with Gasteiger partial charge in [-0.1, -0.05) is 0 Å². The van der Waals surface area contributed by atoms with Gasteiger partial charge in [0.25, 0.3) is 5.91 Å². The molecular weight excluding hydrogens is 339 g/mol. The highest BCUT2D eigenvalue weighted by atomic mass is 19.2. The predicted molar refractivity (Wildman–Crippen MR) is 83.4 cm³/mol. The van der Waals surface area contributed by atoms with E-state index < -0.39 is 35.2 Å². The van der Waals surface area contributed by atoms with Crippen LogP contribution < -0.4 is 14.8 Å². The van der Waals surface area contributed by atoms with Crippen LogP contribution in [0.4, 0.5) is 18.9 Å². The highest BCUT2D eigenvalue weighted by Gasteiger charge is 2.20. The Bertz CT molecular complexity index is 811. The molecule has 1 amide bonds. The molecule has 0 saturated carbocycles. The average molecular weight is 353 g/mol. The Balaban J connectivity index is 2.13. The fourth-order valence-corrected chi connectivity index (χ4v) is 1.95. The molecule has 0 saturated heterocycles. The van der Waals surface area contributed by atoms with Crippen LogP contribution in [-0.4, -0.2) is 25.4 Å². The zero-order valence-electron chi connectivity index (χ0n) is 13.3. The van der Waals surface area contributed by atoms with Crippen molar-refractivity contribution in [3.05, 3.63) is 53.3 Å². The summed E-state index contributed by atoms with van der Waals surface area (Å²) in [6.45, 7) is 1.35. The third-order valence-electron chi connectivity index (χ3n) is 3.31. The number of anilines is 1. The molecule has 2 aromatic carbocycles. The maximum Gasteiger partial charge on any atom is 0.265 e. The number of carbonyl (C=O) groups excluding carboxylic acids is 2. The van der Waals surface area contributed by atoms with Gasteiger partial charge in [-0.25, -0.2) is 13.2 Å². The van der Waals surface area contributed by atoms with Crippen LogP contribution >= 0.6 is 0 Å². The van der Waals surface area contributed by atoms with Crippen molar-refractivity contribution in [1.29, 1.82) is 0 Å². The van der Waals surface area contributed by atoms with Crippen molar-refractivity contribution in [2.75, 3.05) is 12.4 Å². The van der Waals surface area contributed by atoms with Crippen LogP contribution in [0.5, 0.6) is 11.5 Å². The minimum Gasteiger partial charge on any atom is -0.497 e. The highest BCUT2D eigenvalue weighted by molar-refractivity contribution is 5.94. The van der Waals surface area contributed by atoms with E-state index in [0.29, 0.717) is 18.1 Å². The molecule has 0 fully saturated rings. The first-order valence-corrected chi connectivity index (χ1v) is 7.11. The van der Waals surface area contributed by atoms with Crippen molar-refractivity contribution >= 4 is 17.9 Å². The number of hydrogen-bond donors (Lipinski definition) is 1. The van der Waals surface area contributed by atoms with Crippen molar-refractivity contribution in [3.63, 3.8) is 0 Å². The van der Waals surface area contributed by atoms with E-state index in [-0.39, 0.29) is 11.3 Å². The molecule has 5 nitrogen and oxygen atoms in total. The first-order chi connectivity index (χ1) is 11.9. The lowest BCUT2D eigenvalue weighted by Crippen LogP contribution is -2.31. The first-order valence-electron chi connectivity index (χ1n) is 7.11. The van der Waals surface area contributed by atoms with Crippen LogP contribution in [0.25, 0.3) is 0 Å². The molecule has 1 N–H and O–H groups in total. The molecule has 0 aliphatic carbocycles. The molecule has 2 rings (SSSR count). The number of aldehydes is 1. The number of ether oxygens (including phenoxy) is 2. The van der Waals surface area contributed by atoms with E-state index in [1.54, 1.807) is 0 Å². The van der Waals surface area contributed by atoms with Gasteiger partial charge in [-0.15, -0.1) is 0 Å².